The first-order chi connectivity index (χ1) is 16.3. The third kappa shape index (κ3) is 11.1. The molecular formula is C26H42N4O4. The zero-order valence-electron chi connectivity index (χ0n) is 21.2. The molecule has 190 valence electrons. The van der Waals surface area contributed by atoms with Crippen molar-refractivity contribution in [1.29, 1.82) is 0 Å². The average Bonchev–Trinajstić information content (AvgIpc) is 3.33. The first kappa shape index (κ1) is 27.8. The summed E-state index contributed by atoms with van der Waals surface area (Å²) in [4.78, 5) is 12.4. The average molecular weight is 475 g/mol. The van der Waals surface area contributed by atoms with Gasteiger partial charge in [-0.3, -0.25) is 4.79 Å². The molecule has 0 radical (unpaired) electrons. The van der Waals surface area contributed by atoms with E-state index in [1.807, 2.05) is 20.8 Å². The lowest BCUT2D eigenvalue weighted by Crippen LogP contribution is -2.42. The van der Waals surface area contributed by atoms with Gasteiger partial charge in [0, 0.05) is 24.2 Å². The number of aliphatic hydroxyl groups is 1. The van der Waals surface area contributed by atoms with Crippen molar-refractivity contribution in [3.8, 4) is 17.2 Å². The van der Waals surface area contributed by atoms with E-state index in [2.05, 4.69) is 27.8 Å². The van der Waals surface area contributed by atoms with E-state index in [-0.39, 0.29) is 23.9 Å². The first-order valence-corrected chi connectivity index (χ1v) is 12.5. The number of carbonyl (C=O) groups is 1. The molecule has 0 aliphatic carbocycles. The zero-order chi connectivity index (χ0) is 24.8. The Labute approximate surface area is 203 Å². The maximum Gasteiger partial charge on any atom is 0.251 e. The number of carbonyl (C=O) groups excluding carboxylic acids is 1. The van der Waals surface area contributed by atoms with Crippen LogP contribution >= 0.6 is 0 Å². The number of hydrogen-bond acceptors (Lipinski definition) is 7. The Morgan fingerprint density at radius 1 is 1.12 bits per heavy atom. The zero-order valence-corrected chi connectivity index (χ0v) is 21.2. The van der Waals surface area contributed by atoms with Gasteiger partial charge in [-0.1, -0.05) is 51.9 Å². The summed E-state index contributed by atoms with van der Waals surface area (Å²) >= 11 is 0. The summed E-state index contributed by atoms with van der Waals surface area (Å²) < 4.78 is 11.2. The molecule has 0 bridgehead atoms. The SMILES string of the molecule is CCCCCCCCCCC(=O)Nc1ccc(OCC(O)CNC(C)(C)C)c(-c2nnco2)c1. The topological polar surface area (TPSA) is 110 Å². The minimum atomic E-state index is -0.680. The van der Waals surface area contributed by atoms with Gasteiger partial charge in [-0.15, -0.1) is 10.2 Å². The number of nitrogens with one attached hydrogen (secondary N) is 2. The molecule has 34 heavy (non-hydrogen) atoms. The van der Waals surface area contributed by atoms with Gasteiger partial charge in [0.05, 0.1) is 5.56 Å². The van der Waals surface area contributed by atoms with Crippen LogP contribution in [-0.4, -0.2) is 46.0 Å². The molecule has 0 aliphatic heterocycles. The Hall–Kier alpha value is -2.45. The van der Waals surface area contributed by atoms with Crippen LogP contribution in [0.1, 0.15) is 85.5 Å². The molecule has 3 N–H and O–H groups in total. The van der Waals surface area contributed by atoms with Gasteiger partial charge in [-0.2, -0.15) is 0 Å². The van der Waals surface area contributed by atoms with Gasteiger partial charge in [0.15, 0.2) is 0 Å². The first-order valence-electron chi connectivity index (χ1n) is 12.5. The van der Waals surface area contributed by atoms with E-state index in [4.69, 9.17) is 9.15 Å². The fourth-order valence-electron chi connectivity index (χ4n) is 3.50. The number of aromatic nitrogens is 2. The lowest BCUT2D eigenvalue weighted by Gasteiger charge is -2.23. The van der Waals surface area contributed by atoms with Crippen molar-refractivity contribution >= 4 is 11.6 Å². The van der Waals surface area contributed by atoms with Gasteiger partial charge in [-0.05, 0) is 45.4 Å². The number of ether oxygens (including phenoxy) is 1. The maximum absolute atomic E-state index is 12.4. The van der Waals surface area contributed by atoms with E-state index < -0.39 is 6.10 Å². The van der Waals surface area contributed by atoms with Crippen LogP contribution in [0, 0.1) is 0 Å². The van der Waals surface area contributed by atoms with Crippen LogP contribution in [-0.2, 0) is 4.79 Å². The highest BCUT2D eigenvalue weighted by atomic mass is 16.5. The third-order valence-corrected chi connectivity index (χ3v) is 5.41. The molecule has 1 atom stereocenters. The molecule has 2 aromatic rings. The van der Waals surface area contributed by atoms with Crippen LogP contribution in [0.15, 0.2) is 29.0 Å². The minimum Gasteiger partial charge on any atom is -0.490 e. The van der Waals surface area contributed by atoms with Crippen LogP contribution in [0.3, 0.4) is 0 Å². The van der Waals surface area contributed by atoms with Crippen molar-refractivity contribution < 1.29 is 19.1 Å². The largest absolute Gasteiger partial charge is 0.490 e. The van der Waals surface area contributed by atoms with Crippen molar-refractivity contribution in [2.45, 2.75) is 97.1 Å². The highest BCUT2D eigenvalue weighted by Gasteiger charge is 2.17. The molecule has 1 heterocycles. The fraction of sp³-hybridized carbons (Fsp3) is 0.654. The molecule has 1 amide bonds. The van der Waals surface area contributed by atoms with Crippen LogP contribution in [0.5, 0.6) is 5.75 Å². The van der Waals surface area contributed by atoms with Crippen molar-refractivity contribution in [1.82, 2.24) is 15.5 Å². The third-order valence-electron chi connectivity index (χ3n) is 5.41. The molecule has 0 saturated carbocycles. The maximum atomic E-state index is 12.4. The molecule has 0 spiro atoms. The number of anilines is 1. The van der Waals surface area contributed by atoms with Gasteiger partial charge in [0.2, 0.25) is 12.3 Å². The van der Waals surface area contributed by atoms with Crippen molar-refractivity contribution in [3.63, 3.8) is 0 Å². The van der Waals surface area contributed by atoms with Crippen LogP contribution < -0.4 is 15.4 Å². The standard InChI is InChI=1S/C26H42N4O4/c1-5-6-7-8-9-10-11-12-13-24(32)29-20-14-15-23(22(16-20)25-30-28-19-34-25)33-18-21(31)17-27-26(2,3)4/h14-16,19,21,27,31H,5-13,17-18H2,1-4H3,(H,29,32). The summed E-state index contributed by atoms with van der Waals surface area (Å²) in [6, 6.07) is 5.28. The second kappa shape index (κ2) is 14.7. The number of amides is 1. The number of unbranched alkanes of at least 4 members (excludes halogenated alkanes) is 7. The lowest BCUT2D eigenvalue weighted by atomic mass is 10.1. The normalized spacial score (nSPS) is 12.5. The molecule has 8 nitrogen and oxygen atoms in total. The Bertz CT molecular complexity index is 834. The lowest BCUT2D eigenvalue weighted by molar-refractivity contribution is -0.116. The van der Waals surface area contributed by atoms with Gasteiger partial charge in [0.1, 0.15) is 18.5 Å². The summed E-state index contributed by atoms with van der Waals surface area (Å²) in [5.41, 5.74) is 1.11. The summed E-state index contributed by atoms with van der Waals surface area (Å²) in [6.45, 7) is 8.85. The second-order valence-corrected chi connectivity index (χ2v) is 9.82. The predicted molar refractivity (Wildman–Crippen MR) is 135 cm³/mol. The van der Waals surface area contributed by atoms with Crippen LogP contribution in [0.2, 0.25) is 0 Å². The van der Waals surface area contributed by atoms with E-state index >= 15 is 0 Å². The van der Waals surface area contributed by atoms with Crippen LogP contribution in [0.25, 0.3) is 11.5 Å². The molecule has 0 saturated heterocycles. The molecule has 1 aromatic carbocycles. The second-order valence-electron chi connectivity index (χ2n) is 9.82. The minimum absolute atomic E-state index is 0.0141. The molecule has 2 rings (SSSR count). The molecular weight excluding hydrogens is 432 g/mol. The summed E-state index contributed by atoms with van der Waals surface area (Å²) in [7, 11) is 0. The quantitative estimate of drug-likeness (QED) is 0.282. The fourth-order valence-corrected chi connectivity index (χ4v) is 3.50. The Morgan fingerprint density at radius 3 is 2.47 bits per heavy atom. The van der Waals surface area contributed by atoms with E-state index in [0.717, 1.165) is 12.8 Å². The Kier molecular flexibility index (Phi) is 12.0. The predicted octanol–water partition coefficient (Wildman–Crippen LogP) is 5.33. The highest BCUT2D eigenvalue weighted by molar-refractivity contribution is 5.91. The summed E-state index contributed by atoms with van der Waals surface area (Å²) in [5.74, 6) is 0.774. The Balaban J connectivity index is 1.86. The number of aliphatic hydroxyl groups excluding tert-OH is 1. The number of nitrogens with zero attached hydrogens (tertiary/aromatic N) is 2. The van der Waals surface area contributed by atoms with Crippen LogP contribution in [0.4, 0.5) is 5.69 Å². The Morgan fingerprint density at radius 2 is 1.82 bits per heavy atom. The number of rotatable bonds is 16. The van der Waals surface area contributed by atoms with Gasteiger partial charge in [0.25, 0.3) is 5.89 Å². The van der Waals surface area contributed by atoms with Crippen molar-refractivity contribution in [2.24, 2.45) is 0 Å². The number of benzene rings is 1. The number of hydrogen-bond donors (Lipinski definition) is 3. The van der Waals surface area contributed by atoms with E-state index in [9.17, 15) is 9.90 Å². The molecule has 8 heteroatoms. The molecule has 1 unspecified atom stereocenters. The smallest absolute Gasteiger partial charge is 0.251 e. The van der Waals surface area contributed by atoms with Gasteiger partial charge in [-0.25, -0.2) is 0 Å². The molecule has 1 aromatic heterocycles. The van der Waals surface area contributed by atoms with Crippen molar-refractivity contribution in [2.75, 3.05) is 18.5 Å². The van der Waals surface area contributed by atoms with Crippen molar-refractivity contribution in [3.05, 3.63) is 24.6 Å². The van der Waals surface area contributed by atoms with E-state index in [0.29, 0.717) is 30.0 Å². The molecule has 0 aliphatic rings. The van der Waals surface area contributed by atoms with E-state index in [1.165, 1.54) is 44.9 Å². The monoisotopic (exact) mass is 474 g/mol. The highest BCUT2D eigenvalue weighted by Crippen LogP contribution is 2.31. The summed E-state index contributed by atoms with van der Waals surface area (Å²) in [6.07, 6.45) is 10.6. The van der Waals surface area contributed by atoms with Gasteiger partial charge < -0.3 is 24.9 Å². The van der Waals surface area contributed by atoms with Gasteiger partial charge >= 0.3 is 0 Å². The number of β-amino-alcohol motifs (C(OH)–C–C–N with tert-alkyl or cyclic N) is 1. The van der Waals surface area contributed by atoms with E-state index in [1.54, 1.807) is 18.2 Å². The molecule has 0 fully saturated rings. The summed E-state index contributed by atoms with van der Waals surface area (Å²) in [5, 5.41) is 24.2.